The molecule has 4 nitrogen and oxygen atoms in total. The van der Waals surface area contributed by atoms with Gasteiger partial charge < -0.3 is 11.6 Å². The number of aromatic nitrogens is 2. The van der Waals surface area contributed by atoms with Gasteiger partial charge in [0.2, 0.25) is 5.95 Å². The van der Waals surface area contributed by atoms with Crippen LogP contribution < -0.4 is 11.6 Å². The zero-order valence-corrected chi connectivity index (χ0v) is 9.17. The van der Waals surface area contributed by atoms with Crippen molar-refractivity contribution >= 4 is 16.7 Å². The quantitative estimate of drug-likeness (QED) is 0.621. The molecule has 0 amide bonds. The summed E-state index contributed by atoms with van der Waals surface area (Å²) in [5.41, 5.74) is 7.42. The fourth-order valence-corrected chi connectivity index (χ4v) is 1.90. The van der Waals surface area contributed by atoms with E-state index in [9.17, 15) is 0 Å². The number of anilines is 1. The summed E-state index contributed by atoms with van der Waals surface area (Å²) in [6.45, 7) is 0. The molecule has 0 unspecified atom stereocenters. The first-order valence-corrected chi connectivity index (χ1v) is 5.33. The van der Waals surface area contributed by atoms with Gasteiger partial charge in [0.25, 0.3) is 0 Å². The van der Waals surface area contributed by atoms with Crippen molar-refractivity contribution in [2.24, 2.45) is 0 Å². The van der Waals surface area contributed by atoms with Crippen LogP contribution in [-0.4, -0.2) is 9.66 Å². The molecule has 0 atom stereocenters. The van der Waals surface area contributed by atoms with E-state index in [1.165, 1.54) is 15.4 Å². The molecule has 17 heavy (non-hydrogen) atoms. The molecule has 0 radical (unpaired) electrons. The van der Waals surface area contributed by atoms with Gasteiger partial charge in [0.15, 0.2) is 0 Å². The van der Waals surface area contributed by atoms with Crippen molar-refractivity contribution < 1.29 is 0 Å². The topological polar surface area (TPSA) is 69.9 Å². The summed E-state index contributed by atoms with van der Waals surface area (Å²) in [7, 11) is 0. The molecule has 0 saturated heterocycles. The molecule has 0 aliphatic rings. The van der Waals surface area contributed by atoms with Crippen LogP contribution in [0.15, 0.2) is 48.7 Å². The highest BCUT2D eigenvalue weighted by Crippen LogP contribution is 2.23. The van der Waals surface area contributed by atoms with Crippen molar-refractivity contribution in [3.8, 4) is 11.3 Å². The Morgan fingerprint density at radius 3 is 2.47 bits per heavy atom. The maximum Gasteiger partial charge on any atom is 0.219 e. The second kappa shape index (κ2) is 3.52. The highest BCUT2D eigenvalue weighted by Gasteiger charge is 2.05. The molecule has 1 heterocycles. The van der Waals surface area contributed by atoms with Crippen molar-refractivity contribution in [2.45, 2.75) is 0 Å². The van der Waals surface area contributed by atoms with Crippen LogP contribution in [0.2, 0.25) is 0 Å². The fourth-order valence-electron chi connectivity index (χ4n) is 1.90. The van der Waals surface area contributed by atoms with Crippen LogP contribution in [0.3, 0.4) is 0 Å². The minimum Gasteiger partial charge on any atom is -0.368 e. The molecule has 0 saturated carbocycles. The van der Waals surface area contributed by atoms with Gasteiger partial charge >= 0.3 is 0 Å². The average molecular weight is 224 g/mol. The van der Waals surface area contributed by atoms with E-state index < -0.39 is 0 Å². The molecule has 84 valence electrons. The lowest BCUT2D eigenvalue weighted by Gasteiger charge is -2.00. The normalized spacial score (nSPS) is 10.8. The Morgan fingerprint density at radius 2 is 1.76 bits per heavy atom. The minimum absolute atomic E-state index is 0.313. The van der Waals surface area contributed by atoms with Gasteiger partial charge in [-0.05, 0) is 16.8 Å². The summed E-state index contributed by atoms with van der Waals surface area (Å²) in [6.07, 6.45) is 1.72. The lowest BCUT2D eigenvalue weighted by molar-refractivity contribution is 1.02. The maximum atomic E-state index is 5.62. The van der Waals surface area contributed by atoms with Gasteiger partial charge in [-0.1, -0.05) is 36.4 Å². The van der Waals surface area contributed by atoms with E-state index in [-0.39, 0.29) is 0 Å². The van der Waals surface area contributed by atoms with Crippen molar-refractivity contribution in [3.05, 3.63) is 48.7 Å². The number of benzene rings is 2. The highest BCUT2D eigenvalue weighted by molar-refractivity contribution is 5.86. The number of nitrogen functional groups attached to an aromatic ring is 2. The van der Waals surface area contributed by atoms with Gasteiger partial charge in [0.05, 0.1) is 11.9 Å². The van der Waals surface area contributed by atoms with E-state index in [0.717, 1.165) is 11.3 Å². The predicted octanol–water partition coefficient (Wildman–Crippen LogP) is 2.00. The predicted molar refractivity (Wildman–Crippen MR) is 69.7 cm³/mol. The Morgan fingerprint density at radius 1 is 1.00 bits per heavy atom. The molecule has 4 N–H and O–H groups in total. The van der Waals surface area contributed by atoms with Crippen LogP contribution >= 0.6 is 0 Å². The molecule has 0 aliphatic carbocycles. The number of hydrogen-bond acceptors (Lipinski definition) is 3. The molecule has 0 fully saturated rings. The van der Waals surface area contributed by atoms with E-state index in [2.05, 4.69) is 29.2 Å². The monoisotopic (exact) mass is 224 g/mol. The second-order valence-corrected chi connectivity index (χ2v) is 3.95. The first kappa shape index (κ1) is 9.72. The number of nitrogens with zero attached hydrogens (tertiary/aromatic N) is 2. The van der Waals surface area contributed by atoms with Gasteiger partial charge in [-0.2, -0.15) is 0 Å². The first-order valence-electron chi connectivity index (χ1n) is 5.33. The number of nitrogens with two attached hydrogens (primary N) is 2. The van der Waals surface area contributed by atoms with Gasteiger partial charge in [0.1, 0.15) is 0 Å². The van der Waals surface area contributed by atoms with E-state index in [4.69, 9.17) is 11.6 Å². The molecule has 0 spiro atoms. The zero-order chi connectivity index (χ0) is 11.8. The number of fused-ring (bicyclic) bond motifs is 1. The molecule has 1 aromatic heterocycles. The summed E-state index contributed by atoms with van der Waals surface area (Å²) in [4.78, 5) is 4.20. The third-order valence-electron chi connectivity index (χ3n) is 2.81. The zero-order valence-electron chi connectivity index (χ0n) is 9.17. The van der Waals surface area contributed by atoms with Gasteiger partial charge in [0, 0.05) is 5.56 Å². The van der Waals surface area contributed by atoms with Crippen LogP contribution in [-0.2, 0) is 0 Å². The highest BCUT2D eigenvalue weighted by atomic mass is 15.3. The molecular weight excluding hydrogens is 212 g/mol. The van der Waals surface area contributed by atoms with E-state index in [0.29, 0.717) is 5.95 Å². The lowest BCUT2D eigenvalue weighted by Crippen LogP contribution is -2.09. The van der Waals surface area contributed by atoms with Gasteiger partial charge in [-0.25, -0.2) is 9.66 Å². The number of imidazole rings is 1. The largest absolute Gasteiger partial charge is 0.368 e. The lowest BCUT2D eigenvalue weighted by atomic mass is 10.1. The fraction of sp³-hybridized carbons (Fsp3) is 0. The van der Waals surface area contributed by atoms with Gasteiger partial charge in [-0.3, -0.25) is 0 Å². The van der Waals surface area contributed by atoms with Gasteiger partial charge in [-0.15, -0.1) is 0 Å². The Hall–Kier alpha value is -2.49. The summed E-state index contributed by atoms with van der Waals surface area (Å²) >= 11 is 0. The summed E-state index contributed by atoms with van der Waals surface area (Å²) in [6, 6.07) is 14.4. The van der Waals surface area contributed by atoms with Crippen LogP contribution in [0.25, 0.3) is 22.0 Å². The van der Waals surface area contributed by atoms with E-state index in [1.54, 1.807) is 6.20 Å². The Labute approximate surface area is 98.5 Å². The Balaban J connectivity index is 2.17. The minimum atomic E-state index is 0.313. The van der Waals surface area contributed by atoms with Crippen LogP contribution in [0.4, 0.5) is 5.95 Å². The third kappa shape index (κ3) is 1.59. The number of hydrogen-bond donors (Lipinski definition) is 2. The molecule has 0 bridgehead atoms. The Kier molecular flexibility index (Phi) is 2.01. The van der Waals surface area contributed by atoms with E-state index in [1.807, 2.05) is 18.2 Å². The second-order valence-electron chi connectivity index (χ2n) is 3.95. The molecule has 3 rings (SSSR count). The molecule has 3 aromatic rings. The smallest absolute Gasteiger partial charge is 0.219 e. The maximum absolute atomic E-state index is 5.62. The average Bonchev–Trinajstić information content (AvgIpc) is 2.69. The van der Waals surface area contributed by atoms with Crippen molar-refractivity contribution in [3.63, 3.8) is 0 Å². The Bertz CT molecular complexity index is 665. The van der Waals surface area contributed by atoms with Crippen molar-refractivity contribution in [1.29, 1.82) is 0 Å². The summed E-state index contributed by atoms with van der Waals surface area (Å²) in [5.74, 6) is 5.93. The van der Waals surface area contributed by atoms with Crippen molar-refractivity contribution in [2.75, 3.05) is 11.6 Å². The summed E-state index contributed by atoms with van der Waals surface area (Å²) in [5, 5.41) is 2.38. The van der Waals surface area contributed by atoms with Crippen LogP contribution in [0.1, 0.15) is 0 Å². The third-order valence-corrected chi connectivity index (χ3v) is 2.81. The molecular formula is C13H12N4. The number of rotatable bonds is 1. The first-order chi connectivity index (χ1) is 8.24. The molecule has 2 aromatic carbocycles. The SMILES string of the molecule is Nc1nc(-c2ccc3ccccc3c2)cn1N. The molecule has 0 aliphatic heterocycles. The van der Waals surface area contributed by atoms with Crippen molar-refractivity contribution in [1.82, 2.24) is 9.66 Å². The molecule has 4 heteroatoms. The van der Waals surface area contributed by atoms with Crippen LogP contribution in [0.5, 0.6) is 0 Å². The van der Waals surface area contributed by atoms with Crippen LogP contribution in [0, 0.1) is 0 Å². The summed E-state index contributed by atoms with van der Waals surface area (Å²) < 4.78 is 1.32. The van der Waals surface area contributed by atoms with E-state index >= 15 is 0 Å². The standard InChI is InChI=1S/C13H12N4/c14-13-16-12(8-17(13)15)11-6-5-9-3-1-2-4-10(9)7-11/h1-8H,15H2,(H2,14,16).